The van der Waals surface area contributed by atoms with Crippen molar-refractivity contribution in [1.82, 2.24) is 4.90 Å². The third-order valence-electron chi connectivity index (χ3n) is 5.11. The molecule has 0 amide bonds. The topological polar surface area (TPSA) is 51.2 Å². The van der Waals surface area contributed by atoms with Crippen LogP contribution in [0.2, 0.25) is 0 Å². The Balaban J connectivity index is 1.56. The summed E-state index contributed by atoms with van der Waals surface area (Å²) in [5.41, 5.74) is 2.55. The van der Waals surface area contributed by atoms with E-state index in [0.717, 1.165) is 44.0 Å². The molecule has 0 aliphatic carbocycles. The Morgan fingerprint density at radius 2 is 1.89 bits per heavy atom. The number of benzene rings is 2. The standard InChI is InChI=1S/C23H31NO4/c1-18-6-3-4-7-19(18)14-24(16-23-8-5-13-27-23)15-20(25)17-28-22-11-9-21(26-2)10-12-22/h3-4,6-7,9-12,20,23,25H,5,8,13-17H2,1-2H3/t20-,23+/m0/s1. The van der Waals surface area contributed by atoms with Gasteiger partial charge in [-0.3, -0.25) is 4.90 Å². The van der Waals surface area contributed by atoms with Gasteiger partial charge in [0.15, 0.2) is 0 Å². The molecule has 1 saturated heterocycles. The number of hydrogen-bond donors (Lipinski definition) is 1. The molecule has 0 unspecified atom stereocenters. The van der Waals surface area contributed by atoms with E-state index in [0.29, 0.717) is 6.54 Å². The third kappa shape index (κ3) is 6.23. The van der Waals surface area contributed by atoms with Crippen LogP contribution in [0.25, 0.3) is 0 Å². The highest BCUT2D eigenvalue weighted by molar-refractivity contribution is 5.31. The van der Waals surface area contributed by atoms with Gasteiger partial charge >= 0.3 is 0 Å². The van der Waals surface area contributed by atoms with E-state index in [1.165, 1.54) is 11.1 Å². The van der Waals surface area contributed by atoms with Crippen molar-refractivity contribution in [3.63, 3.8) is 0 Å². The van der Waals surface area contributed by atoms with Crippen molar-refractivity contribution in [2.24, 2.45) is 0 Å². The molecular weight excluding hydrogens is 354 g/mol. The molecule has 152 valence electrons. The van der Waals surface area contributed by atoms with Crippen molar-refractivity contribution in [3.8, 4) is 11.5 Å². The molecule has 0 radical (unpaired) electrons. The van der Waals surface area contributed by atoms with Crippen LogP contribution in [-0.4, -0.2) is 55.6 Å². The van der Waals surface area contributed by atoms with E-state index in [2.05, 4.69) is 36.1 Å². The summed E-state index contributed by atoms with van der Waals surface area (Å²) in [6.07, 6.45) is 1.88. The number of rotatable bonds is 10. The summed E-state index contributed by atoms with van der Waals surface area (Å²) < 4.78 is 16.7. The molecule has 2 aromatic carbocycles. The molecule has 1 fully saturated rings. The minimum absolute atomic E-state index is 0.249. The molecule has 1 aliphatic rings. The minimum Gasteiger partial charge on any atom is -0.497 e. The Labute approximate surface area is 167 Å². The van der Waals surface area contributed by atoms with E-state index in [1.807, 2.05) is 24.3 Å². The number of aliphatic hydroxyl groups excluding tert-OH is 1. The fourth-order valence-corrected chi connectivity index (χ4v) is 3.52. The van der Waals surface area contributed by atoms with Gasteiger partial charge in [0.2, 0.25) is 0 Å². The Morgan fingerprint density at radius 1 is 1.14 bits per heavy atom. The molecule has 1 aliphatic heterocycles. The number of methoxy groups -OCH3 is 1. The molecule has 5 heteroatoms. The second-order valence-corrected chi connectivity index (χ2v) is 7.40. The number of hydrogen-bond acceptors (Lipinski definition) is 5. The summed E-state index contributed by atoms with van der Waals surface area (Å²) in [7, 11) is 1.64. The Kier molecular flexibility index (Phi) is 7.71. The summed E-state index contributed by atoms with van der Waals surface area (Å²) >= 11 is 0. The zero-order valence-electron chi connectivity index (χ0n) is 16.8. The maximum Gasteiger partial charge on any atom is 0.119 e. The lowest BCUT2D eigenvalue weighted by molar-refractivity contribution is 0.0313. The van der Waals surface area contributed by atoms with Gasteiger partial charge < -0.3 is 19.3 Å². The van der Waals surface area contributed by atoms with Crippen molar-refractivity contribution >= 4 is 0 Å². The third-order valence-corrected chi connectivity index (χ3v) is 5.11. The zero-order chi connectivity index (χ0) is 19.8. The maximum absolute atomic E-state index is 10.6. The molecule has 0 spiro atoms. The van der Waals surface area contributed by atoms with Gasteiger partial charge in [-0.05, 0) is 55.2 Å². The smallest absolute Gasteiger partial charge is 0.119 e. The molecule has 5 nitrogen and oxygen atoms in total. The Bertz CT molecular complexity index is 713. The van der Waals surface area contributed by atoms with Crippen LogP contribution in [-0.2, 0) is 11.3 Å². The lowest BCUT2D eigenvalue weighted by atomic mass is 10.1. The molecule has 2 aromatic rings. The average Bonchev–Trinajstić information content (AvgIpc) is 3.21. The van der Waals surface area contributed by atoms with Gasteiger partial charge in [0.25, 0.3) is 0 Å². The summed E-state index contributed by atoms with van der Waals surface area (Å²) in [5, 5.41) is 10.6. The number of nitrogens with zero attached hydrogens (tertiary/aromatic N) is 1. The van der Waals surface area contributed by atoms with Gasteiger partial charge in [-0.2, -0.15) is 0 Å². The van der Waals surface area contributed by atoms with Crippen molar-refractivity contribution in [2.75, 3.05) is 33.4 Å². The highest BCUT2D eigenvalue weighted by Crippen LogP contribution is 2.19. The van der Waals surface area contributed by atoms with E-state index < -0.39 is 6.10 Å². The fourth-order valence-electron chi connectivity index (χ4n) is 3.52. The molecule has 0 saturated carbocycles. The lowest BCUT2D eigenvalue weighted by Gasteiger charge is -2.28. The average molecular weight is 386 g/mol. The molecule has 0 aromatic heterocycles. The highest BCUT2D eigenvalue weighted by atomic mass is 16.5. The quantitative estimate of drug-likeness (QED) is 0.679. The molecule has 3 rings (SSSR count). The molecule has 1 N–H and O–H groups in total. The van der Waals surface area contributed by atoms with Crippen molar-refractivity contribution in [2.45, 2.75) is 38.5 Å². The first kappa shape index (κ1) is 20.6. The highest BCUT2D eigenvalue weighted by Gasteiger charge is 2.22. The first-order valence-electron chi connectivity index (χ1n) is 9.97. The van der Waals surface area contributed by atoms with E-state index in [4.69, 9.17) is 14.2 Å². The Hall–Kier alpha value is -2.08. The van der Waals surface area contributed by atoms with Gasteiger partial charge in [-0.25, -0.2) is 0 Å². The van der Waals surface area contributed by atoms with E-state index in [-0.39, 0.29) is 12.7 Å². The number of aryl methyl sites for hydroxylation is 1. The predicted molar refractivity (Wildman–Crippen MR) is 110 cm³/mol. The molecule has 1 heterocycles. The largest absolute Gasteiger partial charge is 0.497 e. The van der Waals surface area contributed by atoms with E-state index in [1.54, 1.807) is 7.11 Å². The van der Waals surface area contributed by atoms with Gasteiger partial charge in [-0.15, -0.1) is 0 Å². The van der Waals surface area contributed by atoms with Crippen molar-refractivity contribution in [1.29, 1.82) is 0 Å². The van der Waals surface area contributed by atoms with Gasteiger partial charge in [-0.1, -0.05) is 24.3 Å². The Morgan fingerprint density at radius 3 is 2.57 bits per heavy atom. The first-order valence-corrected chi connectivity index (χ1v) is 9.97. The van der Waals surface area contributed by atoms with Crippen LogP contribution in [0.4, 0.5) is 0 Å². The first-order chi connectivity index (χ1) is 13.6. The van der Waals surface area contributed by atoms with Crippen LogP contribution in [0.3, 0.4) is 0 Å². The van der Waals surface area contributed by atoms with Crippen LogP contribution in [0.5, 0.6) is 11.5 Å². The van der Waals surface area contributed by atoms with Crippen LogP contribution in [0, 0.1) is 6.92 Å². The van der Waals surface area contributed by atoms with Crippen LogP contribution < -0.4 is 9.47 Å². The van der Waals surface area contributed by atoms with E-state index in [9.17, 15) is 5.11 Å². The van der Waals surface area contributed by atoms with Crippen LogP contribution in [0.1, 0.15) is 24.0 Å². The monoisotopic (exact) mass is 385 g/mol. The number of ether oxygens (including phenoxy) is 3. The predicted octanol–water partition coefficient (Wildman–Crippen LogP) is 3.42. The zero-order valence-corrected chi connectivity index (χ0v) is 16.8. The van der Waals surface area contributed by atoms with Crippen LogP contribution >= 0.6 is 0 Å². The lowest BCUT2D eigenvalue weighted by Crippen LogP contribution is -2.39. The molecule has 2 atom stereocenters. The van der Waals surface area contributed by atoms with Crippen LogP contribution in [0.15, 0.2) is 48.5 Å². The fraction of sp³-hybridized carbons (Fsp3) is 0.478. The second-order valence-electron chi connectivity index (χ2n) is 7.40. The molecule has 28 heavy (non-hydrogen) atoms. The van der Waals surface area contributed by atoms with E-state index >= 15 is 0 Å². The van der Waals surface area contributed by atoms with Crippen molar-refractivity contribution < 1.29 is 19.3 Å². The molecular formula is C23H31NO4. The van der Waals surface area contributed by atoms with Gasteiger partial charge in [0.05, 0.1) is 13.2 Å². The summed E-state index contributed by atoms with van der Waals surface area (Å²) in [4.78, 5) is 2.28. The maximum atomic E-state index is 10.6. The summed E-state index contributed by atoms with van der Waals surface area (Å²) in [6.45, 7) is 5.39. The normalized spacial score (nSPS) is 17.6. The summed E-state index contributed by atoms with van der Waals surface area (Å²) in [6, 6.07) is 15.8. The SMILES string of the molecule is COc1ccc(OC[C@@H](O)CN(Cc2ccccc2C)C[C@H]2CCCO2)cc1. The van der Waals surface area contributed by atoms with Gasteiger partial charge in [0, 0.05) is 26.2 Å². The summed E-state index contributed by atoms with van der Waals surface area (Å²) in [5.74, 6) is 1.51. The van der Waals surface area contributed by atoms with Gasteiger partial charge in [0.1, 0.15) is 24.2 Å². The number of aliphatic hydroxyl groups is 1. The molecule has 0 bridgehead atoms. The van der Waals surface area contributed by atoms with Crippen molar-refractivity contribution in [3.05, 3.63) is 59.7 Å². The second kappa shape index (κ2) is 10.5. The minimum atomic E-state index is -0.576.